The molecule has 0 bridgehead atoms. The van der Waals surface area contributed by atoms with E-state index in [1.165, 1.54) is 17.8 Å². The standard InChI is InChI=1S/C15H18ClN3OS2.2ClH/c16-13-2-1-12(22-13)15-19-11(9-21-15)7-14(20)18-6-4-10-3-5-17-8-10;;/h1-2,9-10,17H,3-8H2,(H,18,20);2*1H. The van der Waals surface area contributed by atoms with Gasteiger partial charge < -0.3 is 10.6 Å². The molecule has 24 heavy (non-hydrogen) atoms. The fourth-order valence-electron chi connectivity index (χ4n) is 2.53. The van der Waals surface area contributed by atoms with Crippen LogP contribution in [0.3, 0.4) is 0 Å². The fourth-order valence-corrected chi connectivity index (χ4v) is 4.47. The number of carbonyl (C=O) groups excluding carboxylic acids is 1. The number of thiazole rings is 1. The van der Waals surface area contributed by atoms with Gasteiger partial charge in [0.05, 0.1) is 21.3 Å². The first-order valence-electron chi connectivity index (χ1n) is 7.38. The van der Waals surface area contributed by atoms with Gasteiger partial charge in [-0.3, -0.25) is 4.79 Å². The van der Waals surface area contributed by atoms with Gasteiger partial charge in [0.15, 0.2) is 0 Å². The minimum atomic E-state index is 0. The topological polar surface area (TPSA) is 54.0 Å². The maximum absolute atomic E-state index is 12.0. The van der Waals surface area contributed by atoms with Crippen LogP contribution in [-0.4, -0.2) is 30.5 Å². The zero-order valence-corrected chi connectivity index (χ0v) is 16.9. The van der Waals surface area contributed by atoms with Crippen molar-refractivity contribution in [3.8, 4) is 9.88 Å². The van der Waals surface area contributed by atoms with Gasteiger partial charge in [0.25, 0.3) is 0 Å². The summed E-state index contributed by atoms with van der Waals surface area (Å²) in [5.74, 6) is 0.752. The van der Waals surface area contributed by atoms with Crippen molar-refractivity contribution in [2.45, 2.75) is 19.3 Å². The van der Waals surface area contributed by atoms with Crippen molar-refractivity contribution in [2.24, 2.45) is 5.92 Å². The van der Waals surface area contributed by atoms with Gasteiger partial charge in [0.1, 0.15) is 5.01 Å². The number of carbonyl (C=O) groups is 1. The lowest BCUT2D eigenvalue weighted by Crippen LogP contribution is -2.27. The van der Waals surface area contributed by atoms with E-state index >= 15 is 0 Å². The zero-order chi connectivity index (χ0) is 15.4. The van der Waals surface area contributed by atoms with Crippen molar-refractivity contribution in [3.63, 3.8) is 0 Å². The summed E-state index contributed by atoms with van der Waals surface area (Å²) in [6.07, 6.45) is 2.61. The molecule has 4 nitrogen and oxygen atoms in total. The normalized spacial score (nSPS) is 16.3. The highest BCUT2D eigenvalue weighted by molar-refractivity contribution is 7.23. The number of nitrogens with zero attached hydrogens (tertiary/aromatic N) is 1. The van der Waals surface area contributed by atoms with E-state index in [0.717, 1.165) is 46.0 Å². The highest BCUT2D eigenvalue weighted by Gasteiger charge is 2.15. The van der Waals surface area contributed by atoms with Crippen LogP contribution in [0.25, 0.3) is 9.88 Å². The molecule has 9 heteroatoms. The third-order valence-electron chi connectivity index (χ3n) is 3.71. The van der Waals surface area contributed by atoms with Gasteiger partial charge in [-0.05, 0) is 44.0 Å². The second-order valence-corrected chi connectivity index (χ2v) is 8.00. The molecule has 3 heterocycles. The van der Waals surface area contributed by atoms with Crippen molar-refractivity contribution in [3.05, 3.63) is 27.5 Å². The van der Waals surface area contributed by atoms with Gasteiger partial charge in [-0.1, -0.05) is 11.6 Å². The Balaban J connectivity index is 0.00000144. The third kappa shape index (κ3) is 6.17. The van der Waals surface area contributed by atoms with Crippen molar-refractivity contribution < 1.29 is 4.79 Å². The molecule has 0 aliphatic carbocycles. The Morgan fingerprint density at radius 1 is 1.42 bits per heavy atom. The molecule has 3 rings (SSSR count). The quantitative estimate of drug-likeness (QED) is 0.730. The van der Waals surface area contributed by atoms with Gasteiger partial charge >= 0.3 is 0 Å². The average molecular weight is 429 g/mol. The molecule has 0 saturated carbocycles. The smallest absolute Gasteiger partial charge is 0.226 e. The Labute approximate surface area is 167 Å². The molecule has 1 aliphatic heterocycles. The number of thiophene rings is 1. The number of amides is 1. The first-order valence-corrected chi connectivity index (χ1v) is 9.45. The Hall–Kier alpha value is -0.370. The highest BCUT2D eigenvalue weighted by atomic mass is 35.5. The minimum absolute atomic E-state index is 0. The summed E-state index contributed by atoms with van der Waals surface area (Å²) < 4.78 is 0.755. The van der Waals surface area contributed by atoms with Crippen LogP contribution in [0.1, 0.15) is 18.5 Å². The first-order chi connectivity index (χ1) is 10.7. The molecular formula is C15H20Cl3N3OS2. The summed E-state index contributed by atoms with van der Waals surface area (Å²) in [5.41, 5.74) is 0.824. The van der Waals surface area contributed by atoms with Gasteiger partial charge in [0, 0.05) is 11.9 Å². The van der Waals surface area contributed by atoms with Crippen molar-refractivity contribution in [1.29, 1.82) is 0 Å². The highest BCUT2D eigenvalue weighted by Crippen LogP contribution is 2.32. The molecule has 1 fully saturated rings. The Morgan fingerprint density at radius 2 is 2.25 bits per heavy atom. The number of hydrogen-bond donors (Lipinski definition) is 2. The predicted octanol–water partition coefficient (Wildman–Crippen LogP) is 4.03. The van der Waals surface area contributed by atoms with Gasteiger partial charge in [-0.2, -0.15) is 0 Å². The summed E-state index contributed by atoms with van der Waals surface area (Å²) in [5, 5.41) is 9.21. The Morgan fingerprint density at radius 3 is 2.92 bits per heavy atom. The Bertz CT molecular complexity index is 641. The SMILES string of the molecule is Cl.Cl.O=C(Cc1csc(-c2ccc(Cl)s2)n1)NCCC1CCNC1. The zero-order valence-electron chi connectivity index (χ0n) is 12.9. The molecule has 1 saturated heterocycles. The molecule has 2 aromatic rings. The van der Waals surface area contributed by atoms with Gasteiger partial charge in [0.2, 0.25) is 5.91 Å². The van der Waals surface area contributed by atoms with Gasteiger partial charge in [-0.15, -0.1) is 47.5 Å². The lowest BCUT2D eigenvalue weighted by molar-refractivity contribution is -0.120. The fraction of sp³-hybridized carbons (Fsp3) is 0.467. The van der Waals surface area contributed by atoms with E-state index in [-0.39, 0.29) is 30.7 Å². The predicted molar refractivity (Wildman–Crippen MR) is 107 cm³/mol. The van der Waals surface area contributed by atoms with Gasteiger partial charge in [-0.25, -0.2) is 4.98 Å². The molecule has 1 atom stereocenters. The van der Waals surface area contributed by atoms with E-state index in [2.05, 4.69) is 15.6 Å². The monoisotopic (exact) mass is 427 g/mol. The van der Waals surface area contributed by atoms with E-state index in [4.69, 9.17) is 11.6 Å². The first kappa shape index (κ1) is 21.7. The summed E-state index contributed by atoms with van der Waals surface area (Å²) in [6.45, 7) is 2.93. The summed E-state index contributed by atoms with van der Waals surface area (Å²) in [4.78, 5) is 17.5. The van der Waals surface area contributed by atoms with Crippen LogP contribution in [0.2, 0.25) is 4.34 Å². The minimum Gasteiger partial charge on any atom is -0.356 e. The van der Waals surface area contributed by atoms with Crippen molar-refractivity contribution in [1.82, 2.24) is 15.6 Å². The largest absolute Gasteiger partial charge is 0.356 e. The molecule has 1 unspecified atom stereocenters. The second kappa shape index (κ2) is 10.6. The van der Waals surface area contributed by atoms with Crippen molar-refractivity contribution in [2.75, 3.05) is 19.6 Å². The maximum atomic E-state index is 12.0. The lowest BCUT2D eigenvalue weighted by Gasteiger charge is -2.08. The Kier molecular flexibility index (Phi) is 9.56. The molecule has 0 radical (unpaired) electrons. The van der Waals surface area contributed by atoms with Crippen LogP contribution in [0, 0.1) is 5.92 Å². The second-order valence-electron chi connectivity index (χ2n) is 5.42. The summed E-state index contributed by atoms with van der Waals surface area (Å²) in [7, 11) is 0. The molecule has 2 N–H and O–H groups in total. The van der Waals surface area contributed by atoms with E-state index in [1.54, 1.807) is 11.3 Å². The molecular weight excluding hydrogens is 409 g/mol. The molecule has 134 valence electrons. The van der Waals surface area contributed by atoms with E-state index in [9.17, 15) is 4.79 Å². The van der Waals surface area contributed by atoms with E-state index in [0.29, 0.717) is 12.3 Å². The van der Waals surface area contributed by atoms with Crippen LogP contribution in [-0.2, 0) is 11.2 Å². The number of hydrogen-bond acceptors (Lipinski definition) is 5. The number of nitrogens with one attached hydrogen (secondary N) is 2. The van der Waals surface area contributed by atoms with E-state index in [1.807, 2.05) is 17.5 Å². The van der Waals surface area contributed by atoms with Crippen molar-refractivity contribution >= 4 is 65.0 Å². The maximum Gasteiger partial charge on any atom is 0.226 e. The average Bonchev–Trinajstić information content (AvgIpc) is 3.20. The molecule has 0 spiro atoms. The number of rotatable bonds is 6. The summed E-state index contributed by atoms with van der Waals surface area (Å²) in [6, 6.07) is 3.83. The molecule has 0 aromatic carbocycles. The summed E-state index contributed by atoms with van der Waals surface area (Å²) >= 11 is 9.00. The van der Waals surface area contributed by atoms with Crippen LogP contribution in [0.4, 0.5) is 0 Å². The van der Waals surface area contributed by atoms with E-state index < -0.39 is 0 Å². The number of aromatic nitrogens is 1. The lowest BCUT2D eigenvalue weighted by atomic mass is 10.1. The molecule has 1 amide bonds. The van der Waals surface area contributed by atoms with Crippen LogP contribution in [0.5, 0.6) is 0 Å². The van der Waals surface area contributed by atoms with Crippen LogP contribution in [0.15, 0.2) is 17.5 Å². The number of halogens is 3. The molecule has 2 aromatic heterocycles. The third-order valence-corrected chi connectivity index (χ3v) is 6.01. The van der Waals surface area contributed by atoms with Crippen LogP contribution >= 0.6 is 59.1 Å². The van der Waals surface area contributed by atoms with Crippen LogP contribution < -0.4 is 10.6 Å². The molecule has 1 aliphatic rings.